The molecule has 1 fully saturated rings. The molecule has 2 rings (SSSR count). The number of hydrogen-bond donors (Lipinski definition) is 3. The molecule has 1 saturated heterocycles. The highest BCUT2D eigenvalue weighted by Crippen LogP contribution is 2.22. The molecule has 148 valence electrons. The molecule has 9 nitrogen and oxygen atoms in total. The second-order valence-electron chi connectivity index (χ2n) is 7.78. The molecule has 0 radical (unpaired) electrons. The number of ketones is 1. The molecule has 1 aliphatic rings. The summed E-state index contributed by atoms with van der Waals surface area (Å²) in [5.74, 6) is -1.96. The summed E-state index contributed by atoms with van der Waals surface area (Å²) in [5.41, 5.74) is 5.18. The van der Waals surface area contributed by atoms with Gasteiger partial charge in [-0.1, -0.05) is 20.8 Å². The zero-order chi connectivity index (χ0) is 20.2. The van der Waals surface area contributed by atoms with Gasteiger partial charge in [-0.05, 0) is 17.9 Å². The summed E-state index contributed by atoms with van der Waals surface area (Å²) in [4.78, 5) is 48.3. The Kier molecular flexibility index (Phi) is 6.37. The summed E-state index contributed by atoms with van der Waals surface area (Å²) >= 11 is 0. The molecule has 4 N–H and O–H groups in total. The van der Waals surface area contributed by atoms with Gasteiger partial charge in [0.2, 0.25) is 11.8 Å². The van der Waals surface area contributed by atoms with Crippen LogP contribution in [-0.4, -0.2) is 48.3 Å². The maximum Gasteiger partial charge on any atom is 0.255 e. The Morgan fingerprint density at radius 1 is 1.33 bits per heavy atom. The van der Waals surface area contributed by atoms with Crippen molar-refractivity contribution in [2.24, 2.45) is 11.1 Å². The van der Waals surface area contributed by atoms with Crippen molar-refractivity contribution >= 4 is 23.5 Å². The van der Waals surface area contributed by atoms with E-state index in [4.69, 9.17) is 14.9 Å². The average molecular weight is 379 g/mol. The van der Waals surface area contributed by atoms with Crippen LogP contribution in [0.4, 0.5) is 0 Å². The minimum absolute atomic E-state index is 0.179. The van der Waals surface area contributed by atoms with Crippen molar-refractivity contribution in [2.45, 2.75) is 51.8 Å². The molecule has 3 amide bonds. The van der Waals surface area contributed by atoms with E-state index in [2.05, 4.69) is 10.6 Å². The number of nitrogens with one attached hydrogen (secondary N) is 2. The number of hydrogen-bond acceptors (Lipinski definition) is 6. The molecule has 1 aromatic heterocycles. The van der Waals surface area contributed by atoms with Crippen LogP contribution < -0.4 is 16.4 Å². The lowest BCUT2D eigenvalue weighted by atomic mass is 9.87. The Bertz CT molecular complexity index is 707. The Balaban J connectivity index is 2.11. The van der Waals surface area contributed by atoms with E-state index >= 15 is 0 Å². The minimum Gasteiger partial charge on any atom is -0.472 e. The van der Waals surface area contributed by atoms with Gasteiger partial charge in [-0.15, -0.1) is 0 Å². The van der Waals surface area contributed by atoms with Gasteiger partial charge in [0.15, 0.2) is 5.78 Å². The lowest BCUT2D eigenvalue weighted by Gasteiger charge is -2.27. The largest absolute Gasteiger partial charge is 0.472 e. The smallest absolute Gasteiger partial charge is 0.255 e. The summed E-state index contributed by atoms with van der Waals surface area (Å²) in [6.07, 6.45) is 1.99. The summed E-state index contributed by atoms with van der Waals surface area (Å²) in [6, 6.07) is -0.369. The van der Waals surface area contributed by atoms with Gasteiger partial charge in [0.05, 0.1) is 24.4 Å². The number of furan rings is 1. The number of rotatable bonds is 7. The van der Waals surface area contributed by atoms with Gasteiger partial charge in [0.1, 0.15) is 25.0 Å². The first kappa shape index (κ1) is 20.6. The van der Waals surface area contributed by atoms with Crippen molar-refractivity contribution in [1.29, 1.82) is 0 Å². The van der Waals surface area contributed by atoms with Crippen LogP contribution in [0.15, 0.2) is 23.0 Å². The van der Waals surface area contributed by atoms with Crippen molar-refractivity contribution in [2.75, 3.05) is 6.61 Å². The molecule has 9 heteroatoms. The monoisotopic (exact) mass is 379 g/mol. The molecule has 0 saturated carbocycles. The highest BCUT2D eigenvalue weighted by atomic mass is 16.5. The Labute approximate surface area is 157 Å². The van der Waals surface area contributed by atoms with Crippen molar-refractivity contribution in [3.05, 3.63) is 24.2 Å². The maximum atomic E-state index is 12.8. The first-order valence-corrected chi connectivity index (χ1v) is 8.63. The van der Waals surface area contributed by atoms with E-state index in [0.717, 1.165) is 0 Å². The molecule has 1 aliphatic heterocycles. The third-order valence-electron chi connectivity index (χ3n) is 4.08. The quantitative estimate of drug-likeness (QED) is 0.615. The molecule has 3 atom stereocenters. The summed E-state index contributed by atoms with van der Waals surface area (Å²) in [6.45, 7) is 5.58. The van der Waals surface area contributed by atoms with Crippen molar-refractivity contribution < 1.29 is 28.3 Å². The zero-order valence-electron chi connectivity index (χ0n) is 15.6. The second-order valence-corrected chi connectivity index (χ2v) is 7.78. The van der Waals surface area contributed by atoms with Crippen LogP contribution in [0.25, 0.3) is 0 Å². The van der Waals surface area contributed by atoms with E-state index < -0.39 is 35.9 Å². The number of carbonyl (C=O) groups is 4. The highest BCUT2D eigenvalue weighted by molar-refractivity contribution is 5.99. The normalized spacial score (nSPS) is 20.9. The molecule has 0 spiro atoms. The van der Waals surface area contributed by atoms with Crippen LogP contribution >= 0.6 is 0 Å². The number of carbonyl (C=O) groups excluding carboxylic acids is 4. The van der Waals surface area contributed by atoms with Gasteiger partial charge in [-0.2, -0.15) is 0 Å². The van der Waals surface area contributed by atoms with E-state index in [1.54, 1.807) is 0 Å². The van der Waals surface area contributed by atoms with Gasteiger partial charge in [-0.25, -0.2) is 0 Å². The molecule has 0 bridgehead atoms. The van der Waals surface area contributed by atoms with Gasteiger partial charge in [0, 0.05) is 0 Å². The molecule has 27 heavy (non-hydrogen) atoms. The number of primary amides is 1. The standard InChI is InChI=1S/C18H25N3O6/c1-18(2,3)7-11(20-16(24)10-4-5-26-8-10)17(25)21-15-12(22)9-27-13(15)6-14(19)23/h4-5,8,11,13,15H,6-7,9H2,1-3H3,(H2,19,23)(H,20,24)(H,21,25)/t11-,13?,15?/m0/s1. The van der Waals surface area contributed by atoms with Crippen molar-refractivity contribution in [3.8, 4) is 0 Å². The van der Waals surface area contributed by atoms with E-state index in [0.29, 0.717) is 6.42 Å². The molecule has 2 heterocycles. The first-order valence-electron chi connectivity index (χ1n) is 8.63. The highest BCUT2D eigenvalue weighted by Gasteiger charge is 2.39. The van der Waals surface area contributed by atoms with Gasteiger partial charge in [-0.3, -0.25) is 19.2 Å². The fourth-order valence-corrected chi connectivity index (χ4v) is 2.84. The molecular weight excluding hydrogens is 354 g/mol. The van der Waals surface area contributed by atoms with E-state index in [9.17, 15) is 19.2 Å². The zero-order valence-corrected chi connectivity index (χ0v) is 15.6. The number of amides is 3. The Morgan fingerprint density at radius 2 is 2.04 bits per heavy atom. The summed E-state index contributed by atoms with van der Waals surface area (Å²) < 4.78 is 10.1. The van der Waals surface area contributed by atoms with Gasteiger partial charge in [0.25, 0.3) is 5.91 Å². The fraction of sp³-hybridized carbons (Fsp3) is 0.556. The summed E-state index contributed by atoms with van der Waals surface area (Å²) in [7, 11) is 0. The lowest BCUT2D eigenvalue weighted by molar-refractivity contribution is -0.128. The van der Waals surface area contributed by atoms with Crippen LogP contribution in [0, 0.1) is 5.41 Å². The van der Waals surface area contributed by atoms with Crippen LogP contribution in [0.1, 0.15) is 44.0 Å². The predicted molar refractivity (Wildman–Crippen MR) is 94.5 cm³/mol. The third-order valence-corrected chi connectivity index (χ3v) is 4.08. The first-order chi connectivity index (χ1) is 12.6. The van der Waals surface area contributed by atoms with E-state index in [-0.39, 0.29) is 29.8 Å². The molecular formula is C18H25N3O6. The predicted octanol–water partition coefficient (Wildman–Crippen LogP) is 0.142. The molecule has 0 aliphatic carbocycles. The van der Waals surface area contributed by atoms with E-state index in [1.165, 1.54) is 18.6 Å². The van der Waals surface area contributed by atoms with Crippen LogP contribution in [-0.2, 0) is 19.1 Å². The Morgan fingerprint density at radius 3 is 2.59 bits per heavy atom. The SMILES string of the molecule is CC(C)(C)C[C@H](NC(=O)c1ccoc1)C(=O)NC1C(=O)COC1CC(N)=O. The average Bonchev–Trinajstić information content (AvgIpc) is 3.18. The lowest BCUT2D eigenvalue weighted by Crippen LogP contribution is -2.54. The van der Waals surface area contributed by atoms with Gasteiger partial charge >= 0.3 is 0 Å². The van der Waals surface area contributed by atoms with Crippen LogP contribution in [0.3, 0.4) is 0 Å². The maximum absolute atomic E-state index is 12.8. The van der Waals surface area contributed by atoms with Crippen molar-refractivity contribution in [1.82, 2.24) is 10.6 Å². The topological polar surface area (TPSA) is 141 Å². The second kappa shape index (κ2) is 8.34. The minimum atomic E-state index is -0.974. The number of ether oxygens (including phenoxy) is 1. The molecule has 1 aromatic rings. The number of Topliss-reactive ketones (excluding diaryl/α,β-unsaturated/α-hetero) is 1. The molecule has 2 unspecified atom stereocenters. The third kappa shape index (κ3) is 5.92. The van der Waals surface area contributed by atoms with Crippen LogP contribution in [0.2, 0.25) is 0 Å². The summed E-state index contributed by atoms with van der Waals surface area (Å²) in [5, 5.41) is 5.26. The Hall–Kier alpha value is -2.68. The van der Waals surface area contributed by atoms with Crippen LogP contribution in [0.5, 0.6) is 0 Å². The molecule has 0 aromatic carbocycles. The fourth-order valence-electron chi connectivity index (χ4n) is 2.84. The van der Waals surface area contributed by atoms with Gasteiger partial charge < -0.3 is 25.5 Å². The van der Waals surface area contributed by atoms with E-state index in [1.807, 2.05) is 20.8 Å². The number of nitrogens with two attached hydrogens (primary N) is 1. The van der Waals surface area contributed by atoms with Crippen molar-refractivity contribution in [3.63, 3.8) is 0 Å².